The minimum Gasteiger partial charge on any atom is -0.450 e. The molecule has 0 aliphatic heterocycles. The highest BCUT2D eigenvalue weighted by Crippen LogP contribution is 2.32. The van der Waals surface area contributed by atoms with Crippen LogP contribution in [0.15, 0.2) is 46.9 Å². The second-order valence-corrected chi connectivity index (χ2v) is 4.74. The number of halogens is 1. The average Bonchev–Trinajstić information content (AvgIpc) is 2.38. The molecule has 0 spiro atoms. The van der Waals surface area contributed by atoms with Gasteiger partial charge in [-0.25, -0.2) is 0 Å². The molecule has 6 nitrogen and oxygen atoms in total. The van der Waals surface area contributed by atoms with Gasteiger partial charge in [0, 0.05) is 16.1 Å². The number of ether oxygens (including phenoxy) is 1. The molecule has 0 fully saturated rings. The van der Waals surface area contributed by atoms with Gasteiger partial charge in [0.05, 0.1) is 4.92 Å². The molecule has 0 saturated heterocycles. The van der Waals surface area contributed by atoms with E-state index in [0.717, 1.165) is 0 Å². The van der Waals surface area contributed by atoms with Crippen LogP contribution in [0.1, 0.15) is 5.56 Å². The van der Waals surface area contributed by atoms with E-state index < -0.39 is 4.92 Å². The van der Waals surface area contributed by atoms with Crippen molar-refractivity contribution in [1.29, 1.82) is 5.41 Å². The summed E-state index contributed by atoms with van der Waals surface area (Å²) in [6.45, 7) is 0. The first-order valence-electron chi connectivity index (χ1n) is 5.54. The van der Waals surface area contributed by atoms with Crippen molar-refractivity contribution in [1.82, 2.24) is 0 Å². The van der Waals surface area contributed by atoms with Gasteiger partial charge in [0.15, 0.2) is 0 Å². The number of nitrogens with zero attached hydrogens (tertiary/aromatic N) is 1. The zero-order valence-electron chi connectivity index (χ0n) is 10.2. The molecule has 2 rings (SSSR count). The van der Waals surface area contributed by atoms with E-state index in [1.54, 1.807) is 30.3 Å². The lowest BCUT2D eigenvalue weighted by atomic mass is 10.2. The SMILES string of the molecule is N=C(N)c1ccc(Oc2ccccc2[N+](=O)[O-])cc1Br. The predicted molar refractivity (Wildman–Crippen MR) is 78.3 cm³/mol. The van der Waals surface area contributed by atoms with E-state index in [-0.39, 0.29) is 17.3 Å². The number of nitro groups is 1. The molecule has 0 aliphatic rings. The molecule has 7 heteroatoms. The van der Waals surface area contributed by atoms with Crippen LogP contribution in [0.3, 0.4) is 0 Å². The predicted octanol–water partition coefficient (Wildman–Crippen LogP) is 3.43. The second-order valence-electron chi connectivity index (χ2n) is 3.88. The molecule has 0 heterocycles. The van der Waals surface area contributed by atoms with Crippen molar-refractivity contribution in [3.8, 4) is 11.5 Å². The van der Waals surface area contributed by atoms with Gasteiger partial charge in [-0.05, 0) is 40.2 Å². The van der Waals surface area contributed by atoms with Gasteiger partial charge < -0.3 is 10.5 Å². The Bertz CT molecular complexity index is 688. The lowest BCUT2D eigenvalue weighted by Crippen LogP contribution is -2.11. The topological polar surface area (TPSA) is 102 Å². The van der Waals surface area contributed by atoms with Gasteiger partial charge in [-0.15, -0.1) is 0 Å². The van der Waals surface area contributed by atoms with E-state index in [1.807, 2.05) is 0 Å². The number of hydrogen-bond acceptors (Lipinski definition) is 4. The molecule has 3 N–H and O–H groups in total. The third kappa shape index (κ3) is 2.94. The summed E-state index contributed by atoms with van der Waals surface area (Å²) in [5.74, 6) is 0.491. The summed E-state index contributed by atoms with van der Waals surface area (Å²) in [5.41, 5.74) is 5.82. The molecule has 20 heavy (non-hydrogen) atoms. The number of para-hydroxylation sites is 2. The van der Waals surface area contributed by atoms with Gasteiger partial charge in [-0.2, -0.15) is 0 Å². The van der Waals surface area contributed by atoms with Gasteiger partial charge in [0.25, 0.3) is 0 Å². The van der Waals surface area contributed by atoms with Crippen LogP contribution in [0.5, 0.6) is 11.5 Å². The lowest BCUT2D eigenvalue weighted by Gasteiger charge is -2.08. The Morgan fingerprint density at radius 2 is 2.00 bits per heavy atom. The van der Waals surface area contributed by atoms with Crippen molar-refractivity contribution in [2.75, 3.05) is 0 Å². The summed E-state index contributed by atoms with van der Waals surface area (Å²) in [4.78, 5) is 10.4. The number of nitrogen functional groups attached to an aromatic ring is 1. The highest BCUT2D eigenvalue weighted by molar-refractivity contribution is 9.10. The van der Waals surface area contributed by atoms with E-state index in [0.29, 0.717) is 15.8 Å². The van der Waals surface area contributed by atoms with Crippen molar-refractivity contribution in [2.24, 2.45) is 5.73 Å². The Morgan fingerprint density at radius 3 is 2.60 bits per heavy atom. The minimum atomic E-state index is -0.506. The zero-order chi connectivity index (χ0) is 14.7. The van der Waals surface area contributed by atoms with Crippen LogP contribution >= 0.6 is 15.9 Å². The van der Waals surface area contributed by atoms with Gasteiger partial charge in [0.2, 0.25) is 5.75 Å². The maximum atomic E-state index is 10.9. The number of nitrogens with one attached hydrogen (secondary N) is 1. The van der Waals surface area contributed by atoms with Gasteiger partial charge in [0.1, 0.15) is 11.6 Å². The second kappa shape index (κ2) is 5.70. The van der Waals surface area contributed by atoms with Crippen LogP contribution in [0.4, 0.5) is 5.69 Å². The van der Waals surface area contributed by atoms with Crippen LogP contribution in [-0.4, -0.2) is 10.8 Å². The number of nitro benzene ring substituents is 1. The van der Waals surface area contributed by atoms with Crippen molar-refractivity contribution in [3.05, 3.63) is 62.6 Å². The molecule has 102 valence electrons. The van der Waals surface area contributed by atoms with Gasteiger partial charge in [-0.1, -0.05) is 12.1 Å². The Kier molecular flexibility index (Phi) is 3.99. The largest absolute Gasteiger partial charge is 0.450 e. The first-order valence-corrected chi connectivity index (χ1v) is 6.33. The van der Waals surface area contributed by atoms with Gasteiger partial charge in [-0.3, -0.25) is 15.5 Å². The van der Waals surface area contributed by atoms with E-state index in [4.69, 9.17) is 15.9 Å². The third-order valence-corrected chi connectivity index (χ3v) is 3.18. The summed E-state index contributed by atoms with van der Waals surface area (Å²) in [7, 11) is 0. The quantitative estimate of drug-likeness (QED) is 0.386. The maximum Gasteiger partial charge on any atom is 0.311 e. The van der Waals surface area contributed by atoms with Crippen molar-refractivity contribution in [3.63, 3.8) is 0 Å². The highest BCUT2D eigenvalue weighted by atomic mass is 79.9. The van der Waals surface area contributed by atoms with Crippen LogP contribution in [0.25, 0.3) is 0 Å². The summed E-state index contributed by atoms with van der Waals surface area (Å²) in [6.07, 6.45) is 0. The third-order valence-electron chi connectivity index (χ3n) is 2.52. The molecule has 0 aliphatic carbocycles. The number of nitrogens with two attached hydrogens (primary N) is 1. The molecule has 2 aromatic carbocycles. The molecular weight excluding hydrogens is 326 g/mol. The smallest absolute Gasteiger partial charge is 0.311 e. The van der Waals surface area contributed by atoms with Gasteiger partial charge >= 0.3 is 5.69 Å². The average molecular weight is 336 g/mol. The zero-order valence-corrected chi connectivity index (χ0v) is 11.8. The number of amidine groups is 1. The molecule has 0 atom stereocenters. The number of benzene rings is 2. The van der Waals surface area contributed by atoms with Crippen molar-refractivity contribution in [2.45, 2.75) is 0 Å². The van der Waals surface area contributed by atoms with Crippen LogP contribution in [-0.2, 0) is 0 Å². The standard InChI is InChI=1S/C13H10BrN3O3/c14-10-7-8(5-6-9(10)13(15)16)20-12-4-2-1-3-11(12)17(18)19/h1-7H,(H3,15,16). The molecule has 0 unspecified atom stereocenters. The fraction of sp³-hybridized carbons (Fsp3) is 0. The molecule has 2 aromatic rings. The highest BCUT2D eigenvalue weighted by Gasteiger charge is 2.15. The summed E-state index contributed by atoms with van der Waals surface area (Å²) >= 11 is 3.27. The van der Waals surface area contributed by atoms with E-state index in [2.05, 4.69) is 15.9 Å². The molecule has 0 bridgehead atoms. The fourth-order valence-electron chi connectivity index (χ4n) is 1.60. The fourth-order valence-corrected chi connectivity index (χ4v) is 2.17. The first-order chi connectivity index (χ1) is 9.49. The van der Waals surface area contributed by atoms with Crippen molar-refractivity contribution < 1.29 is 9.66 Å². The van der Waals surface area contributed by atoms with E-state index >= 15 is 0 Å². The van der Waals surface area contributed by atoms with Crippen LogP contribution in [0.2, 0.25) is 0 Å². The molecule has 0 aromatic heterocycles. The Balaban J connectivity index is 2.34. The monoisotopic (exact) mass is 335 g/mol. The van der Waals surface area contributed by atoms with E-state index in [1.165, 1.54) is 12.1 Å². The maximum absolute atomic E-state index is 10.9. The Hall–Kier alpha value is -2.41. The number of hydrogen-bond donors (Lipinski definition) is 2. The van der Waals surface area contributed by atoms with Crippen LogP contribution in [0, 0.1) is 15.5 Å². The number of rotatable bonds is 4. The molecule has 0 radical (unpaired) electrons. The summed E-state index contributed by atoms with van der Waals surface area (Å²) in [6, 6.07) is 10.9. The molecular formula is C13H10BrN3O3. The molecule has 0 saturated carbocycles. The summed E-state index contributed by atoms with van der Waals surface area (Å²) < 4.78 is 6.09. The minimum absolute atomic E-state index is 0.0749. The summed E-state index contributed by atoms with van der Waals surface area (Å²) in [5, 5.41) is 18.3. The van der Waals surface area contributed by atoms with Crippen LogP contribution < -0.4 is 10.5 Å². The van der Waals surface area contributed by atoms with Crippen molar-refractivity contribution >= 4 is 27.5 Å². The molecule has 0 amide bonds. The van der Waals surface area contributed by atoms with E-state index in [9.17, 15) is 10.1 Å². The normalized spacial score (nSPS) is 10.1. The Morgan fingerprint density at radius 1 is 1.30 bits per heavy atom. The first kappa shape index (κ1) is 14.0. The Labute approximate surface area is 123 Å². The lowest BCUT2D eigenvalue weighted by molar-refractivity contribution is -0.385.